The molecule has 1 aliphatic heterocycles. The first-order valence-corrected chi connectivity index (χ1v) is 10.6. The maximum atomic E-state index is 12.4. The number of hydrogen-bond acceptors (Lipinski definition) is 5. The minimum absolute atomic E-state index is 0.00230. The quantitative estimate of drug-likeness (QED) is 0.144. The third-order valence-electron chi connectivity index (χ3n) is 4.27. The molecule has 31 heavy (non-hydrogen) atoms. The topological polar surface area (TPSA) is 57.9 Å². The van der Waals surface area contributed by atoms with E-state index < -0.39 is 0 Å². The first-order chi connectivity index (χ1) is 14.8. The Morgan fingerprint density at radius 2 is 1.58 bits per heavy atom. The van der Waals surface area contributed by atoms with Crippen LogP contribution in [0.2, 0.25) is 25.1 Å². The Morgan fingerprint density at radius 3 is 2.32 bits per heavy atom. The maximum absolute atomic E-state index is 12.4. The third-order valence-corrected chi connectivity index (χ3v) is 6.51. The number of fused-ring (bicyclic) bond motifs is 1. The molecule has 4 rings (SSSR count). The first kappa shape index (κ1) is 22.2. The Balaban J connectivity index is 1.43. The van der Waals surface area contributed by atoms with E-state index in [1.165, 1.54) is 6.08 Å². The fourth-order valence-electron chi connectivity index (χ4n) is 2.72. The minimum atomic E-state index is -0.212. The molecule has 2 heterocycles. The smallest absolute Gasteiger partial charge is 0.231 e. The van der Waals surface area contributed by atoms with Crippen molar-refractivity contribution in [3.05, 3.63) is 78.6 Å². The van der Waals surface area contributed by atoms with Crippen LogP contribution in [0, 0.1) is 0 Å². The van der Waals surface area contributed by atoms with E-state index in [2.05, 4.69) is 0 Å². The molecule has 1 aromatic heterocycles. The summed E-state index contributed by atoms with van der Waals surface area (Å²) < 4.78 is 21.8. The van der Waals surface area contributed by atoms with Crippen molar-refractivity contribution in [3.8, 4) is 17.2 Å². The molecule has 10 heteroatoms. The summed E-state index contributed by atoms with van der Waals surface area (Å²) in [6, 6.07) is 8.36. The summed E-state index contributed by atoms with van der Waals surface area (Å²) in [4.78, 5) is 12.4. The van der Waals surface area contributed by atoms with E-state index in [1.54, 1.807) is 36.4 Å². The minimum Gasteiger partial charge on any atom is -0.482 e. The van der Waals surface area contributed by atoms with Gasteiger partial charge in [0.15, 0.2) is 23.0 Å². The second-order valence-corrected chi connectivity index (χ2v) is 8.15. The molecule has 2 aromatic carbocycles. The van der Waals surface area contributed by atoms with Crippen LogP contribution in [0.25, 0.3) is 6.08 Å². The number of ketones is 1. The van der Waals surface area contributed by atoms with E-state index in [-0.39, 0.29) is 50.0 Å². The molecule has 0 amide bonds. The normalized spacial score (nSPS) is 12.5. The number of carbonyl (C=O) groups is 1. The molecule has 0 radical (unpaired) electrons. The number of hydrogen-bond donors (Lipinski definition) is 0. The van der Waals surface area contributed by atoms with Crippen molar-refractivity contribution in [2.75, 3.05) is 6.79 Å². The Bertz CT molecular complexity index is 1170. The van der Waals surface area contributed by atoms with Gasteiger partial charge in [0.1, 0.15) is 28.2 Å². The molecule has 0 bridgehead atoms. The Kier molecular flexibility index (Phi) is 6.60. The van der Waals surface area contributed by atoms with Gasteiger partial charge in [0.2, 0.25) is 6.79 Å². The van der Waals surface area contributed by atoms with Crippen LogP contribution >= 0.6 is 58.0 Å². The van der Waals surface area contributed by atoms with Crippen molar-refractivity contribution in [3.63, 3.8) is 0 Å². The van der Waals surface area contributed by atoms with Crippen molar-refractivity contribution in [1.29, 1.82) is 0 Å². The number of rotatable bonds is 6. The standard InChI is InChI=1S/C21H11Cl5O5/c22-16-17(23)19(25)21(20(26)18(16)24)28-8-12-3-2-11(31-12)4-5-13(27)10-1-6-14-15(7-10)30-9-29-14/h1-7H,8-9H2/b5-4+. The zero-order valence-electron chi connectivity index (χ0n) is 15.4. The summed E-state index contributed by atoms with van der Waals surface area (Å²) in [6.45, 7) is 0.141. The van der Waals surface area contributed by atoms with Crippen LogP contribution in [0.15, 0.2) is 40.8 Å². The van der Waals surface area contributed by atoms with Gasteiger partial charge in [0.05, 0.1) is 15.1 Å². The number of allylic oxidation sites excluding steroid dienone is 1. The highest BCUT2D eigenvalue weighted by Crippen LogP contribution is 2.48. The lowest BCUT2D eigenvalue weighted by atomic mass is 10.1. The molecule has 0 aliphatic carbocycles. The highest BCUT2D eigenvalue weighted by molar-refractivity contribution is 6.55. The number of halogens is 5. The lowest BCUT2D eigenvalue weighted by molar-refractivity contribution is 0.104. The van der Waals surface area contributed by atoms with Crippen LogP contribution in [-0.2, 0) is 6.61 Å². The van der Waals surface area contributed by atoms with Gasteiger partial charge in [-0.25, -0.2) is 0 Å². The molecule has 3 aromatic rings. The molecular formula is C21H11Cl5O5. The molecule has 0 fully saturated rings. The molecule has 160 valence electrons. The number of furan rings is 1. The van der Waals surface area contributed by atoms with E-state index in [4.69, 9.17) is 76.6 Å². The van der Waals surface area contributed by atoms with Gasteiger partial charge in [0, 0.05) is 5.56 Å². The van der Waals surface area contributed by atoms with Gasteiger partial charge in [-0.3, -0.25) is 4.79 Å². The van der Waals surface area contributed by atoms with Gasteiger partial charge < -0.3 is 18.6 Å². The summed E-state index contributed by atoms with van der Waals surface area (Å²) in [5, 5.41) is 0.211. The number of benzene rings is 2. The fourth-order valence-corrected chi connectivity index (χ4v) is 3.95. The average Bonchev–Trinajstić information content (AvgIpc) is 3.43. The molecule has 0 atom stereocenters. The molecule has 0 spiro atoms. The summed E-state index contributed by atoms with van der Waals surface area (Å²) in [6.07, 6.45) is 2.94. The van der Waals surface area contributed by atoms with Gasteiger partial charge in [-0.15, -0.1) is 0 Å². The Morgan fingerprint density at radius 1 is 0.903 bits per heavy atom. The molecule has 0 N–H and O–H groups in total. The van der Waals surface area contributed by atoms with Crippen LogP contribution in [0.5, 0.6) is 17.2 Å². The zero-order chi connectivity index (χ0) is 22.1. The van der Waals surface area contributed by atoms with E-state index >= 15 is 0 Å². The van der Waals surface area contributed by atoms with Crippen LogP contribution in [0.4, 0.5) is 0 Å². The predicted octanol–water partition coefficient (Wildman–Crippen LogP) is 7.75. The second kappa shape index (κ2) is 9.23. The fraction of sp³-hybridized carbons (Fsp3) is 0.0952. The van der Waals surface area contributed by atoms with E-state index in [0.717, 1.165) is 0 Å². The van der Waals surface area contributed by atoms with Crippen LogP contribution in [0.1, 0.15) is 21.9 Å². The van der Waals surface area contributed by atoms with Crippen LogP contribution in [-0.4, -0.2) is 12.6 Å². The third kappa shape index (κ3) is 4.61. The lowest BCUT2D eigenvalue weighted by Gasteiger charge is -2.12. The summed E-state index contributed by atoms with van der Waals surface area (Å²) >= 11 is 30.3. The summed E-state index contributed by atoms with van der Waals surface area (Å²) in [7, 11) is 0. The monoisotopic (exact) mass is 518 g/mol. The average molecular weight is 521 g/mol. The molecule has 0 saturated carbocycles. The number of ether oxygens (including phenoxy) is 3. The highest BCUT2D eigenvalue weighted by atomic mass is 35.5. The van der Waals surface area contributed by atoms with Crippen molar-refractivity contribution in [1.82, 2.24) is 0 Å². The Hall–Kier alpha value is -2.02. The molecule has 1 aliphatic rings. The van der Waals surface area contributed by atoms with Gasteiger partial charge in [-0.05, 0) is 42.5 Å². The van der Waals surface area contributed by atoms with Gasteiger partial charge in [-0.1, -0.05) is 58.0 Å². The molecule has 0 saturated heterocycles. The van der Waals surface area contributed by atoms with Gasteiger partial charge >= 0.3 is 0 Å². The first-order valence-electron chi connectivity index (χ1n) is 8.70. The second-order valence-electron chi connectivity index (χ2n) is 6.26. The van der Waals surface area contributed by atoms with Crippen molar-refractivity contribution in [2.24, 2.45) is 0 Å². The highest BCUT2D eigenvalue weighted by Gasteiger charge is 2.21. The SMILES string of the molecule is O=C(/C=C/c1ccc(COc2c(Cl)c(Cl)c(Cl)c(Cl)c2Cl)o1)c1ccc2c(c1)OCO2. The predicted molar refractivity (Wildman–Crippen MR) is 120 cm³/mol. The van der Waals surface area contributed by atoms with Gasteiger partial charge in [0.25, 0.3) is 0 Å². The van der Waals surface area contributed by atoms with E-state index in [0.29, 0.717) is 28.6 Å². The van der Waals surface area contributed by atoms with E-state index in [1.807, 2.05) is 0 Å². The zero-order valence-corrected chi connectivity index (χ0v) is 19.2. The Labute approximate surface area is 201 Å². The van der Waals surface area contributed by atoms with Crippen molar-refractivity contribution >= 4 is 69.9 Å². The summed E-state index contributed by atoms with van der Waals surface area (Å²) in [5.41, 5.74) is 0.469. The summed E-state index contributed by atoms with van der Waals surface area (Å²) in [5.74, 6) is 1.95. The molecule has 5 nitrogen and oxygen atoms in total. The number of carbonyl (C=O) groups excluding carboxylic acids is 1. The largest absolute Gasteiger partial charge is 0.482 e. The van der Waals surface area contributed by atoms with Crippen LogP contribution in [0.3, 0.4) is 0 Å². The lowest BCUT2D eigenvalue weighted by Crippen LogP contribution is -1.96. The van der Waals surface area contributed by atoms with Crippen LogP contribution < -0.4 is 14.2 Å². The van der Waals surface area contributed by atoms with E-state index in [9.17, 15) is 4.79 Å². The molecule has 0 unspecified atom stereocenters. The van der Waals surface area contributed by atoms with Crippen molar-refractivity contribution < 1.29 is 23.4 Å². The maximum Gasteiger partial charge on any atom is 0.231 e. The van der Waals surface area contributed by atoms with Crippen molar-refractivity contribution in [2.45, 2.75) is 6.61 Å². The molecular weight excluding hydrogens is 509 g/mol. The van der Waals surface area contributed by atoms with Gasteiger partial charge in [-0.2, -0.15) is 0 Å².